The van der Waals surface area contributed by atoms with Gasteiger partial charge in [-0.1, -0.05) is 272 Å². The standard InChI is InChI=1S/C36H22N6O.C27H26BN3O2.C15H8ClN3O.C9H3Cl2N3O.C6H7BO2/c1-4-11-23(12-5-1)29-31-30(28-17-10-22-37-36(28)43-31)39-32(38-29)26-18-20-27(21-19-26)35-41-33(24-13-6-2-7-14-24)40-34(42-35)25-15-8-3-9-16-25;1-26(2)27(3,4)33-28(32-26)22-17-15-21(16-18-22)25-30-23(19-11-7-5-8-12-19)29-24(31-25)20-13-9-6-10-14-20;16-15-18-11(9-5-2-1-3-6-9)13-12(19-15)10-7-4-8-17-14(10)20-13;10-7-6-5(13-9(11)14-7)4-2-1-3-12-8(4)15-6;8-7(9)6-4-2-1-3-5-6/h1-22H;5-18H,1-4H3;1-8H;1-3H;1-5,8-9H. The second-order valence-electron chi connectivity index (χ2n) is 28.3. The Labute approximate surface area is 702 Å². The predicted molar refractivity (Wildman–Crippen MR) is 470 cm³/mol. The molecule has 0 amide bonds. The zero-order valence-corrected chi connectivity index (χ0v) is 66.7. The number of nitrogens with zero attached hydrogens (tertiary/aromatic N) is 15. The topological polar surface area (TPSA) is 292 Å². The molecule has 20 aromatic rings. The molecule has 1 aliphatic heterocycles. The van der Waals surface area contributed by atoms with Crippen molar-refractivity contribution < 1.29 is 32.6 Å². The molecule has 0 spiro atoms. The number of furan rings is 3. The second-order valence-corrected chi connectivity index (χ2v) is 29.3. The van der Waals surface area contributed by atoms with Gasteiger partial charge in [0, 0.05) is 68.7 Å². The summed E-state index contributed by atoms with van der Waals surface area (Å²) in [6.45, 7) is 8.23. The van der Waals surface area contributed by atoms with Gasteiger partial charge in [0.1, 0.15) is 27.9 Å². The lowest BCUT2D eigenvalue weighted by Crippen LogP contribution is -2.41. The van der Waals surface area contributed by atoms with E-state index in [1.54, 1.807) is 48.9 Å². The molecular formula is C93H66B2Cl3N15O7. The number of benzene rings is 9. The first kappa shape index (κ1) is 78.5. The maximum atomic E-state index is 8.58. The third-order valence-electron chi connectivity index (χ3n) is 19.9. The molecule has 21 rings (SSSR count). The highest BCUT2D eigenvalue weighted by Gasteiger charge is 2.51. The van der Waals surface area contributed by atoms with E-state index in [-0.39, 0.29) is 26.9 Å². The van der Waals surface area contributed by atoms with Gasteiger partial charge in [0.25, 0.3) is 0 Å². The highest BCUT2D eigenvalue weighted by molar-refractivity contribution is 6.62. The number of pyridine rings is 3. The Morgan fingerprint density at radius 2 is 0.567 bits per heavy atom. The molecule has 0 unspecified atom stereocenters. The molecule has 1 saturated heterocycles. The Kier molecular flexibility index (Phi) is 22.6. The lowest BCUT2D eigenvalue weighted by Gasteiger charge is -2.32. The summed E-state index contributed by atoms with van der Waals surface area (Å²) in [4.78, 5) is 67.8. The summed E-state index contributed by atoms with van der Waals surface area (Å²) >= 11 is 17.6. The third kappa shape index (κ3) is 17.1. The average Bonchev–Trinajstić information content (AvgIpc) is 1.61. The first-order valence-electron chi connectivity index (χ1n) is 38.0. The molecule has 0 radical (unpaired) electrons. The van der Waals surface area contributed by atoms with Crippen LogP contribution in [-0.2, 0) is 9.31 Å². The van der Waals surface area contributed by atoms with Gasteiger partial charge in [-0.25, -0.2) is 74.8 Å². The van der Waals surface area contributed by atoms with Crippen molar-refractivity contribution >= 4 is 127 Å². The smallest absolute Gasteiger partial charge is 0.434 e. The number of aromatic nitrogens is 15. The zero-order valence-electron chi connectivity index (χ0n) is 64.5. The molecule has 12 heterocycles. The van der Waals surface area contributed by atoms with E-state index in [9.17, 15) is 0 Å². The lowest BCUT2D eigenvalue weighted by atomic mass is 9.79. The number of fused-ring (bicyclic) bond motifs is 9. The van der Waals surface area contributed by atoms with Gasteiger partial charge in [-0.15, -0.1) is 0 Å². The van der Waals surface area contributed by atoms with E-state index in [2.05, 4.69) is 62.6 Å². The summed E-state index contributed by atoms with van der Waals surface area (Å²) in [5.41, 5.74) is 15.6. The predicted octanol–water partition coefficient (Wildman–Crippen LogP) is 20.0. The van der Waals surface area contributed by atoms with Crippen LogP contribution in [0.4, 0.5) is 0 Å². The molecule has 0 saturated carbocycles. The molecule has 0 aliphatic carbocycles. The summed E-state index contributed by atoms with van der Waals surface area (Å²) in [6.07, 6.45) is 5.03. The van der Waals surface area contributed by atoms with Crippen LogP contribution < -0.4 is 10.9 Å². The molecule has 0 bridgehead atoms. The maximum absolute atomic E-state index is 8.58. The second kappa shape index (κ2) is 34.6. The first-order chi connectivity index (χ1) is 58.5. The van der Waals surface area contributed by atoms with Crippen molar-refractivity contribution in [3.63, 3.8) is 0 Å². The Balaban J connectivity index is 0.000000117. The fourth-order valence-electron chi connectivity index (χ4n) is 13.1. The van der Waals surface area contributed by atoms with Gasteiger partial charge in [-0.2, -0.15) is 0 Å². The van der Waals surface area contributed by atoms with Crippen molar-refractivity contribution in [1.29, 1.82) is 0 Å². The largest absolute Gasteiger partial charge is 0.494 e. The lowest BCUT2D eigenvalue weighted by molar-refractivity contribution is 0.00578. The van der Waals surface area contributed by atoms with Gasteiger partial charge in [0.05, 0.1) is 27.4 Å². The van der Waals surface area contributed by atoms with E-state index in [4.69, 9.17) is 107 Å². The molecule has 582 valence electrons. The maximum Gasteiger partial charge on any atom is 0.494 e. The van der Waals surface area contributed by atoms with Crippen LogP contribution >= 0.6 is 34.8 Å². The van der Waals surface area contributed by atoms with Crippen molar-refractivity contribution in [2.24, 2.45) is 0 Å². The van der Waals surface area contributed by atoms with Crippen LogP contribution in [0.5, 0.6) is 0 Å². The van der Waals surface area contributed by atoms with Crippen molar-refractivity contribution in [3.8, 4) is 102 Å². The van der Waals surface area contributed by atoms with E-state index >= 15 is 0 Å². The molecule has 11 aromatic heterocycles. The van der Waals surface area contributed by atoms with Gasteiger partial charge in [-0.3, -0.25) is 0 Å². The number of hydrogen-bond donors (Lipinski definition) is 2. The Bertz CT molecular complexity index is 6880. The number of rotatable bonds is 11. The Morgan fingerprint density at radius 1 is 0.283 bits per heavy atom. The van der Waals surface area contributed by atoms with Crippen LogP contribution in [0.3, 0.4) is 0 Å². The van der Waals surface area contributed by atoms with E-state index in [0.717, 1.165) is 82.9 Å². The summed E-state index contributed by atoms with van der Waals surface area (Å²) < 4.78 is 29.7. The first-order valence-corrected chi connectivity index (χ1v) is 39.1. The molecule has 0 atom stereocenters. The van der Waals surface area contributed by atoms with E-state index in [0.29, 0.717) is 96.9 Å². The average molecular weight is 1630 g/mol. The minimum absolute atomic E-state index is 0.0963. The SMILES string of the molecule is CC1(C)OB(c2ccc(-c3nc(-c4ccccc4)nc(-c4ccccc4)n3)cc2)OC1(C)C.Clc1nc(-c2ccccc2)c2oc3ncccc3c2n1.Clc1nc(Cl)c2oc3ncccc3c2n1.OB(O)c1ccccc1.c1ccc(-c2nc(-c3ccccc3)nc(-c3ccc(-c4nc(-c5ccccc5)c5oc6ncccc6c5n4)cc3)n2)cc1. The van der Waals surface area contributed by atoms with Crippen LogP contribution in [0.15, 0.2) is 329 Å². The Morgan fingerprint density at radius 3 is 0.917 bits per heavy atom. The Hall–Kier alpha value is -14.1. The summed E-state index contributed by atoms with van der Waals surface area (Å²) in [5, 5.41) is 20.1. The van der Waals surface area contributed by atoms with Crippen molar-refractivity contribution in [2.45, 2.75) is 38.9 Å². The molecule has 9 aromatic carbocycles. The molecule has 1 fully saturated rings. The van der Waals surface area contributed by atoms with Crippen LogP contribution in [0, 0.1) is 0 Å². The van der Waals surface area contributed by atoms with Gasteiger partial charge < -0.3 is 32.6 Å². The summed E-state index contributed by atoms with van der Waals surface area (Å²) in [5.74, 6) is 4.35. The minimum Gasteiger partial charge on any atom is -0.434 e. The van der Waals surface area contributed by atoms with Crippen molar-refractivity contribution in [2.75, 3.05) is 0 Å². The van der Waals surface area contributed by atoms with E-state index < -0.39 is 14.2 Å². The summed E-state index contributed by atoms with van der Waals surface area (Å²) in [7, 11) is -1.74. The van der Waals surface area contributed by atoms with Gasteiger partial charge in [0.2, 0.25) is 27.7 Å². The molecule has 27 heteroatoms. The van der Waals surface area contributed by atoms with Gasteiger partial charge >= 0.3 is 14.2 Å². The quantitative estimate of drug-likeness (QED) is 0.0691. The van der Waals surface area contributed by atoms with Crippen LogP contribution in [-0.4, -0.2) is 110 Å². The minimum atomic E-state index is -1.34. The van der Waals surface area contributed by atoms with Crippen molar-refractivity contribution in [3.05, 3.63) is 332 Å². The zero-order chi connectivity index (χ0) is 82.3. The summed E-state index contributed by atoms with van der Waals surface area (Å²) in [6, 6.07) is 95.6. The third-order valence-corrected chi connectivity index (χ3v) is 20.5. The molecule has 1 aliphatic rings. The number of hydrogen-bond acceptors (Lipinski definition) is 22. The molecule has 22 nitrogen and oxygen atoms in total. The normalized spacial score (nSPS) is 12.6. The monoisotopic (exact) mass is 1630 g/mol. The highest BCUT2D eigenvalue weighted by Crippen LogP contribution is 2.40. The van der Waals surface area contributed by atoms with Crippen molar-refractivity contribution in [1.82, 2.24) is 74.8 Å². The fourth-order valence-corrected chi connectivity index (χ4v) is 13.7. The number of halogens is 3. The highest BCUT2D eigenvalue weighted by atomic mass is 35.5. The molecular weight excluding hydrogens is 1570 g/mol. The van der Waals surface area contributed by atoms with Crippen LogP contribution in [0.25, 0.3) is 169 Å². The molecule has 120 heavy (non-hydrogen) atoms. The fraction of sp³-hybridized carbons (Fsp3) is 0.0645. The van der Waals surface area contributed by atoms with Gasteiger partial charge in [0.15, 0.2) is 62.7 Å². The van der Waals surface area contributed by atoms with Crippen LogP contribution in [0.1, 0.15) is 27.7 Å². The van der Waals surface area contributed by atoms with E-state index in [1.807, 2.05) is 267 Å². The molecule has 2 N–H and O–H groups in total. The van der Waals surface area contributed by atoms with E-state index in [1.165, 1.54) is 0 Å². The van der Waals surface area contributed by atoms with Gasteiger partial charge in [-0.05, 0) is 98.2 Å². The van der Waals surface area contributed by atoms with Crippen LogP contribution in [0.2, 0.25) is 15.7 Å².